The van der Waals surface area contributed by atoms with Crippen LogP contribution in [0.5, 0.6) is 5.75 Å². The molecule has 0 spiro atoms. The average Bonchev–Trinajstić information content (AvgIpc) is 2.39. The Labute approximate surface area is 111 Å². The average molecular weight is 278 g/mol. The molecule has 1 unspecified atom stereocenters. The summed E-state index contributed by atoms with van der Waals surface area (Å²) in [5, 5.41) is 19.0. The molecule has 0 fully saturated rings. The van der Waals surface area contributed by atoms with Gasteiger partial charge in [-0.2, -0.15) is 0 Å². The van der Waals surface area contributed by atoms with E-state index < -0.39 is 7.37 Å². The van der Waals surface area contributed by atoms with Crippen LogP contribution in [0.4, 0.5) is 0 Å². The molecule has 19 heavy (non-hydrogen) atoms. The van der Waals surface area contributed by atoms with Gasteiger partial charge in [0.1, 0.15) is 5.75 Å². The topological polar surface area (TPSA) is 77.8 Å². The van der Waals surface area contributed by atoms with Gasteiger partial charge in [0.05, 0.1) is 12.8 Å². The first-order chi connectivity index (χ1) is 9.06. The molecule has 100 valence electrons. The van der Waals surface area contributed by atoms with E-state index in [1.54, 1.807) is 42.5 Å². The van der Waals surface area contributed by atoms with Crippen LogP contribution in [0.15, 0.2) is 48.5 Å². The van der Waals surface area contributed by atoms with Crippen molar-refractivity contribution in [2.24, 2.45) is 0 Å². The number of hydrogen-bond donors (Lipinski definition) is 3. The monoisotopic (exact) mass is 278 g/mol. The van der Waals surface area contributed by atoms with Crippen LogP contribution in [0.25, 0.3) is 11.1 Å². The molecule has 0 aliphatic carbocycles. The largest absolute Gasteiger partial charge is 0.507 e. The minimum atomic E-state index is -3.63. The highest BCUT2D eigenvalue weighted by Crippen LogP contribution is 2.43. The van der Waals surface area contributed by atoms with Gasteiger partial charge < -0.3 is 15.1 Å². The summed E-state index contributed by atoms with van der Waals surface area (Å²) in [5.74, 6) is 0.0546. The summed E-state index contributed by atoms with van der Waals surface area (Å²) in [5.41, 5.74) is 1.02. The number of para-hydroxylation sites is 1. The summed E-state index contributed by atoms with van der Waals surface area (Å²) in [4.78, 5) is 10.0. The van der Waals surface area contributed by atoms with Crippen molar-refractivity contribution in [2.75, 3.05) is 12.8 Å². The summed E-state index contributed by atoms with van der Waals surface area (Å²) in [6.07, 6.45) is -0.197. The van der Waals surface area contributed by atoms with Crippen molar-refractivity contribution in [3.05, 3.63) is 48.5 Å². The molecule has 0 amide bonds. The van der Waals surface area contributed by atoms with Crippen LogP contribution in [0.2, 0.25) is 0 Å². The summed E-state index contributed by atoms with van der Waals surface area (Å²) in [7, 11) is -3.63. The summed E-state index contributed by atoms with van der Waals surface area (Å²) < 4.78 is 12.2. The van der Waals surface area contributed by atoms with E-state index in [0.717, 1.165) is 0 Å². The van der Waals surface area contributed by atoms with Crippen molar-refractivity contribution in [2.45, 2.75) is 0 Å². The van der Waals surface area contributed by atoms with E-state index in [0.29, 0.717) is 11.1 Å². The van der Waals surface area contributed by atoms with Crippen LogP contribution in [0.3, 0.4) is 0 Å². The zero-order valence-electron chi connectivity index (χ0n) is 10.2. The van der Waals surface area contributed by atoms with Gasteiger partial charge in [-0.05, 0) is 17.7 Å². The van der Waals surface area contributed by atoms with E-state index in [9.17, 15) is 14.6 Å². The van der Waals surface area contributed by atoms with E-state index in [-0.39, 0.29) is 23.8 Å². The van der Waals surface area contributed by atoms with E-state index in [4.69, 9.17) is 5.11 Å². The molecule has 0 aliphatic heterocycles. The van der Waals surface area contributed by atoms with E-state index >= 15 is 0 Å². The number of hydrogen-bond acceptors (Lipinski definition) is 3. The maximum absolute atomic E-state index is 12.2. The Morgan fingerprint density at radius 1 is 0.947 bits per heavy atom. The molecule has 0 saturated heterocycles. The number of aliphatic hydroxyl groups is 1. The number of rotatable bonds is 4. The third-order valence-corrected chi connectivity index (χ3v) is 4.83. The molecular formula is C14H15O4P. The number of aliphatic hydroxyl groups excluding tert-OH is 1. The Balaban J connectivity index is 2.60. The van der Waals surface area contributed by atoms with Crippen LogP contribution in [-0.2, 0) is 4.57 Å². The second kappa shape index (κ2) is 5.57. The molecule has 0 saturated carbocycles. The lowest BCUT2D eigenvalue weighted by molar-refractivity contribution is 0.315. The van der Waals surface area contributed by atoms with Gasteiger partial charge in [0.15, 0.2) is 0 Å². The molecule has 1 atom stereocenters. The predicted molar refractivity (Wildman–Crippen MR) is 75.0 cm³/mol. The minimum absolute atomic E-state index is 0.0546. The van der Waals surface area contributed by atoms with Gasteiger partial charge in [-0.25, -0.2) is 0 Å². The first-order valence-electron chi connectivity index (χ1n) is 5.87. The molecule has 4 nitrogen and oxygen atoms in total. The lowest BCUT2D eigenvalue weighted by atomic mass is 10.0. The lowest BCUT2D eigenvalue weighted by Crippen LogP contribution is -2.12. The van der Waals surface area contributed by atoms with Gasteiger partial charge in [0.2, 0.25) is 7.37 Å². The Morgan fingerprint density at radius 3 is 2.16 bits per heavy atom. The van der Waals surface area contributed by atoms with Crippen LogP contribution < -0.4 is 5.30 Å². The molecule has 5 heteroatoms. The van der Waals surface area contributed by atoms with Gasteiger partial charge in [-0.3, -0.25) is 4.57 Å². The Hall–Kier alpha value is -1.61. The first kappa shape index (κ1) is 13.8. The third-order valence-electron chi connectivity index (χ3n) is 2.88. The molecular weight excluding hydrogens is 263 g/mol. The number of phenols is 1. The Bertz CT molecular complexity index is 624. The molecule has 0 radical (unpaired) electrons. The molecule has 0 aliphatic rings. The predicted octanol–water partition coefficient (Wildman–Crippen LogP) is 1.95. The standard InChI is InChI=1S/C14H15O4P/c15-9-10-19(17,18)14-8-4-2-6-12(14)11-5-1-3-7-13(11)16/h1-8,15-16H,9-10H2,(H,17,18). The lowest BCUT2D eigenvalue weighted by Gasteiger charge is -2.15. The van der Waals surface area contributed by atoms with Crippen molar-refractivity contribution in [3.8, 4) is 16.9 Å². The Morgan fingerprint density at radius 2 is 1.53 bits per heavy atom. The van der Waals surface area contributed by atoms with Crippen LogP contribution in [0.1, 0.15) is 0 Å². The minimum Gasteiger partial charge on any atom is -0.507 e. The van der Waals surface area contributed by atoms with E-state index in [1.807, 2.05) is 0 Å². The summed E-state index contributed by atoms with van der Waals surface area (Å²) in [6, 6.07) is 13.3. The summed E-state index contributed by atoms with van der Waals surface area (Å²) >= 11 is 0. The van der Waals surface area contributed by atoms with Crippen LogP contribution in [0, 0.1) is 0 Å². The van der Waals surface area contributed by atoms with Gasteiger partial charge in [-0.1, -0.05) is 36.4 Å². The second-order valence-electron chi connectivity index (χ2n) is 4.18. The molecule has 0 heterocycles. The van der Waals surface area contributed by atoms with Crippen LogP contribution >= 0.6 is 7.37 Å². The molecule has 2 aromatic carbocycles. The maximum atomic E-state index is 12.2. The van der Waals surface area contributed by atoms with Crippen molar-refractivity contribution in [1.82, 2.24) is 0 Å². The Kier molecular flexibility index (Phi) is 4.05. The fraction of sp³-hybridized carbons (Fsp3) is 0.143. The van der Waals surface area contributed by atoms with Gasteiger partial charge >= 0.3 is 0 Å². The van der Waals surface area contributed by atoms with Crippen molar-refractivity contribution >= 4 is 12.7 Å². The highest BCUT2D eigenvalue weighted by molar-refractivity contribution is 7.66. The highest BCUT2D eigenvalue weighted by Gasteiger charge is 2.24. The van der Waals surface area contributed by atoms with E-state index in [2.05, 4.69) is 0 Å². The maximum Gasteiger partial charge on any atom is 0.232 e. The van der Waals surface area contributed by atoms with E-state index in [1.165, 1.54) is 6.07 Å². The number of benzene rings is 2. The van der Waals surface area contributed by atoms with Gasteiger partial charge in [0.25, 0.3) is 0 Å². The fourth-order valence-corrected chi connectivity index (χ4v) is 3.37. The van der Waals surface area contributed by atoms with Gasteiger partial charge in [-0.15, -0.1) is 0 Å². The van der Waals surface area contributed by atoms with Crippen molar-refractivity contribution in [1.29, 1.82) is 0 Å². The fourth-order valence-electron chi connectivity index (χ4n) is 1.96. The SMILES string of the molecule is O=P(O)(CCO)c1ccccc1-c1ccccc1O. The zero-order chi connectivity index (χ0) is 13.9. The molecule has 0 aromatic heterocycles. The molecule has 3 N–H and O–H groups in total. The number of phenolic OH excluding ortho intramolecular Hbond substituents is 1. The third kappa shape index (κ3) is 2.87. The molecule has 0 bridgehead atoms. The smallest absolute Gasteiger partial charge is 0.232 e. The first-order valence-corrected chi connectivity index (χ1v) is 7.71. The number of aromatic hydroxyl groups is 1. The van der Waals surface area contributed by atoms with Gasteiger partial charge in [0, 0.05) is 10.9 Å². The summed E-state index contributed by atoms with van der Waals surface area (Å²) in [6.45, 7) is -0.358. The molecule has 2 rings (SSSR count). The normalized spacial score (nSPS) is 14.0. The highest BCUT2D eigenvalue weighted by atomic mass is 31.2. The zero-order valence-corrected chi connectivity index (χ0v) is 11.1. The second-order valence-corrected chi connectivity index (χ2v) is 6.52. The van der Waals surface area contributed by atoms with Crippen LogP contribution in [-0.4, -0.2) is 27.9 Å². The quantitative estimate of drug-likeness (QED) is 0.747. The molecule has 2 aromatic rings. The van der Waals surface area contributed by atoms with Crippen molar-refractivity contribution < 1.29 is 19.7 Å². The van der Waals surface area contributed by atoms with Crippen molar-refractivity contribution in [3.63, 3.8) is 0 Å².